The molecule has 1 heterocycles. The molecule has 0 amide bonds. The van der Waals surface area contributed by atoms with Crippen LogP contribution < -0.4 is 4.90 Å². The largest absolute Gasteiger partial charge is 0.461 e. The first kappa shape index (κ1) is 11.0. The Bertz CT molecular complexity index is 350. The van der Waals surface area contributed by atoms with E-state index in [-0.39, 0.29) is 12.1 Å². The number of para-hydroxylation sites is 1. The van der Waals surface area contributed by atoms with Crippen molar-refractivity contribution in [3.05, 3.63) is 30.3 Å². The predicted octanol–water partition coefficient (Wildman–Crippen LogP) is 2.22. The molecule has 1 aliphatic rings. The van der Waals surface area contributed by atoms with E-state index in [4.69, 9.17) is 4.74 Å². The van der Waals surface area contributed by atoms with Crippen molar-refractivity contribution < 1.29 is 9.53 Å². The molecule has 2 rings (SSSR count). The molecule has 0 aromatic heterocycles. The molecular weight excluding hydrogens is 202 g/mol. The second-order valence-corrected chi connectivity index (χ2v) is 4.16. The van der Waals surface area contributed by atoms with Crippen molar-refractivity contribution in [1.82, 2.24) is 0 Å². The fourth-order valence-corrected chi connectivity index (χ4v) is 2.14. The van der Waals surface area contributed by atoms with E-state index in [1.54, 1.807) is 0 Å². The molecule has 1 saturated heterocycles. The van der Waals surface area contributed by atoms with Gasteiger partial charge in [-0.3, -0.25) is 4.79 Å². The molecule has 1 aliphatic heterocycles. The maximum Gasteiger partial charge on any atom is 0.302 e. The second-order valence-electron chi connectivity index (χ2n) is 4.16. The molecule has 3 nitrogen and oxygen atoms in total. The van der Waals surface area contributed by atoms with E-state index in [1.165, 1.54) is 12.6 Å². The van der Waals surface area contributed by atoms with Gasteiger partial charge >= 0.3 is 5.97 Å². The Balaban J connectivity index is 1.99. The summed E-state index contributed by atoms with van der Waals surface area (Å²) in [5.74, 6) is -0.181. The van der Waals surface area contributed by atoms with Gasteiger partial charge < -0.3 is 9.64 Å². The van der Waals surface area contributed by atoms with Crippen LogP contribution >= 0.6 is 0 Å². The molecule has 1 fully saturated rings. The van der Waals surface area contributed by atoms with Gasteiger partial charge in [-0.15, -0.1) is 0 Å². The highest BCUT2D eigenvalue weighted by molar-refractivity contribution is 5.66. The Kier molecular flexibility index (Phi) is 3.44. The number of piperidine rings is 1. The second kappa shape index (κ2) is 5.01. The lowest BCUT2D eigenvalue weighted by Crippen LogP contribution is -2.40. The molecular formula is C13H17NO2. The maximum atomic E-state index is 10.9. The molecule has 1 aromatic rings. The Morgan fingerprint density at radius 1 is 1.38 bits per heavy atom. The summed E-state index contributed by atoms with van der Waals surface area (Å²) < 4.78 is 5.26. The molecule has 0 radical (unpaired) electrons. The van der Waals surface area contributed by atoms with Crippen LogP contribution in [0.15, 0.2) is 30.3 Å². The first-order valence-corrected chi connectivity index (χ1v) is 5.73. The van der Waals surface area contributed by atoms with Crippen molar-refractivity contribution in [3.63, 3.8) is 0 Å². The lowest BCUT2D eigenvalue weighted by atomic mass is 10.1. The number of carbonyl (C=O) groups is 1. The Hall–Kier alpha value is -1.51. The van der Waals surface area contributed by atoms with Gasteiger partial charge in [0.2, 0.25) is 0 Å². The third-order valence-electron chi connectivity index (χ3n) is 2.83. The van der Waals surface area contributed by atoms with Crippen LogP contribution in [0.1, 0.15) is 19.8 Å². The Morgan fingerprint density at radius 3 is 2.81 bits per heavy atom. The summed E-state index contributed by atoms with van der Waals surface area (Å²) in [6.45, 7) is 3.33. The summed E-state index contributed by atoms with van der Waals surface area (Å²) in [7, 11) is 0. The smallest absolute Gasteiger partial charge is 0.302 e. The number of hydrogen-bond donors (Lipinski definition) is 0. The molecule has 0 saturated carbocycles. The fourth-order valence-electron chi connectivity index (χ4n) is 2.14. The van der Waals surface area contributed by atoms with Gasteiger partial charge in [0, 0.05) is 19.2 Å². The Labute approximate surface area is 96.0 Å². The average Bonchev–Trinajstić information content (AvgIpc) is 2.30. The van der Waals surface area contributed by atoms with Gasteiger partial charge in [-0.25, -0.2) is 0 Å². The van der Waals surface area contributed by atoms with E-state index < -0.39 is 0 Å². The normalized spacial score (nSPS) is 20.6. The van der Waals surface area contributed by atoms with Crippen molar-refractivity contribution in [3.8, 4) is 0 Å². The summed E-state index contributed by atoms with van der Waals surface area (Å²) in [5.41, 5.74) is 1.21. The molecule has 1 unspecified atom stereocenters. The van der Waals surface area contributed by atoms with E-state index in [0.717, 1.165) is 25.9 Å². The predicted molar refractivity (Wildman–Crippen MR) is 63.4 cm³/mol. The molecule has 16 heavy (non-hydrogen) atoms. The fraction of sp³-hybridized carbons (Fsp3) is 0.462. The van der Waals surface area contributed by atoms with E-state index in [1.807, 2.05) is 18.2 Å². The van der Waals surface area contributed by atoms with E-state index in [9.17, 15) is 4.79 Å². The van der Waals surface area contributed by atoms with Crippen molar-refractivity contribution in [2.24, 2.45) is 0 Å². The van der Waals surface area contributed by atoms with Gasteiger partial charge in [-0.1, -0.05) is 18.2 Å². The zero-order chi connectivity index (χ0) is 11.4. The number of rotatable bonds is 2. The highest BCUT2D eigenvalue weighted by atomic mass is 16.5. The zero-order valence-electron chi connectivity index (χ0n) is 9.56. The molecule has 1 aromatic carbocycles. The van der Waals surface area contributed by atoms with Crippen molar-refractivity contribution in [2.75, 3.05) is 18.0 Å². The van der Waals surface area contributed by atoms with Crippen LogP contribution in [0.25, 0.3) is 0 Å². The number of anilines is 1. The van der Waals surface area contributed by atoms with E-state index in [0.29, 0.717) is 0 Å². The van der Waals surface area contributed by atoms with Crippen molar-refractivity contribution in [2.45, 2.75) is 25.9 Å². The van der Waals surface area contributed by atoms with Gasteiger partial charge in [0.05, 0.1) is 6.54 Å². The minimum Gasteiger partial charge on any atom is -0.461 e. The molecule has 0 bridgehead atoms. The third kappa shape index (κ3) is 2.75. The number of carbonyl (C=O) groups excluding carboxylic acids is 1. The average molecular weight is 219 g/mol. The first-order valence-electron chi connectivity index (χ1n) is 5.73. The molecule has 0 spiro atoms. The van der Waals surface area contributed by atoms with Gasteiger partial charge in [0.1, 0.15) is 6.10 Å². The topological polar surface area (TPSA) is 29.5 Å². The minimum atomic E-state index is -0.181. The van der Waals surface area contributed by atoms with Crippen LogP contribution in [0.2, 0.25) is 0 Å². The van der Waals surface area contributed by atoms with E-state index >= 15 is 0 Å². The van der Waals surface area contributed by atoms with Crippen LogP contribution in [-0.4, -0.2) is 25.2 Å². The standard InChI is InChI=1S/C13H17NO2/c1-11(15)16-13-8-5-9-14(10-13)12-6-3-2-4-7-12/h2-4,6-7,13H,5,8-10H2,1H3. The summed E-state index contributed by atoms with van der Waals surface area (Å²) in [5, 5.41) is 0. The lowest BCUT2D eigenvalue weighted by molar-refractivity contribution is -0.146. The summed E-state index contributed by atoms with van der Waals surface area (Å²) in [6, 6.07) is 10.3. The third-order valence-corrected chi connectivity index (χ3v) is 2.83. The van der Waals surface area contributed by atoms with Crippen LogP contribution in [0, 0.1) is 0 Å². The quantitative estimate of drug-likeness (QED) is 0.714. The number of ether oxygens (including phenoxy) is 1. The van der Waals surface area contributed by atoms with Gasteiger partial charge in [0.15, 0.2) is 0 Å². The highest BCUT2D eigenvalue weighted by Crippen LogP contribution is 2.20. The number of hydrogen-bond acceptors (Lipinski definition) is 3. The number of benzene rings is 1. The van der Waals surface area contributed by atoms with Crippen LogP contribution in [0.5, 0.6) is 0 Å². The summed E-state index contributed by atoms with van der Waals surface area (Å²) in [4.78, 5) is 13.2. The minimum absolute atomic E-state index is 0.0476. The SMILES string of the molecule is CC(=O)OC1CCCN(c2ccccc2)C1. The lowest BCUT2D eigenvalue weighted by Gasteiger charge is -2.33. The van der Waals surface area contributed by atoms with Crippen LogP contribution in [0.4, 0.5) is 5.69 Å². The van der Waals surface area contributed by atoms with Crippen molar-refractivity contribution >= 4 is 11.7 Å². The van der Waals surface area contributed by atoms with E-state index in [2.05, 4.69) is 17.0 Å². The molecule has 1 atom stereocenters. The van der Waals surface area contributed by atoms with Crippen LogP contribution in [0.3, 0.4) is 0 Å². The van der Waals surface area contributed by atoms with Gasteiger partial charge in [-0.05, 0) is 25.0 Å². The molecule has 0 aliphatic carbocycles. The summed E-state index contributed by atoms with van der Waals surface area (Å²) >= 11 is 0. The molecule has 0 N–H and O–H groups in total. The van der Waals surface area contributed by atoms with Gasteiger partial charge in [0.25, 0.3) is 0 Å². The maximum absolute atomic E-state index is 10.9. The molecule has 3 heteroatoms. The zero-order valence-corrected chi connectivity index (χ0v) is 9.56. The highest BCUT2D eigenvalue weighted by Gasteiger charge is 2.21. The van der Waals surface area contributed by atoms with Gasteiger partial charge in [-0.2, -0.15) is 0 Å². The van der Waals surface area contributed by atoms with Crippen LogP contribution in [-0.2, 0) is 9.53 Å². The Morgan fingerprint density at radius 2 is 2.12 bits per heavy atom. The first-order chi connectivity index (χ1) is 7.75. The number of esters is 1. The number of nitrogens with zero attached hydrogens (tertiary/aromatic N) is 1. The monoisotopic (exact) mass is 219 g/mol. The summed E-state index contributed by atoms with van der Waals surface area (Å²) in [6.07, 6.45) is 2.10. The molecule has 86 valence electrons. The van der Waals surface area contributed by atoms with Crippen molar-refractivity contribution in [1.29, 1.82) is 0 Å².